The number of aromatic hydroxyl groups is 1. The number of piperazine rings is 1. The fourth-order valence-electron chi connectivity index (χ4n) is 2.57. The average molecular weight is 277 g/mol. The van der Waals surface area contributed by atoms with Gasteiger partial charge >= 0.3 is 0 Å². The van der Waals surface area contributed by atoms with Gasteiger partial charge in [0.1, 0.15) is 5.75 Å². The zero-order valence-corrected chi connectivity index (χ0v) is 12.2. The van der Waals surface area contributed by atoms with Crippen molar-refractivity contribution in [3.05, 3.63) is 24.3 Å². The van der Waals surface area contributed by atoms with E-state index < -0.39 is 0 Å². The van der Waals surface area contributed by atoms with Crippen molar-refractivity contribution >= 4 is 11.6 Å². The van der Waals surface area contributed by atoms with E-state index in [0.29, 0.717) is 12.3 Å². The zero-order chi connectivity index (χ0) is 14.5. The number of nitrogens with one attached hydrogen (secondary N) is 1. The molecule has 0 radical (unpaired) electrons. The van der Waals surface area contributed by atoms with Gasteiger partial charge in [0.15, 0.2) is 0 Å². The van der Waals surface area contributed by atoms with Gasteiger partial charge in [-0.1, -0.05) is 12.1 Å². The monoisotopic (exact) mass is 277 g/mol. The van der Waals surface area contributed by atoms with Gasteiger partial charge in [-0.05, 0) is 26.0 Å². The molecule has 0 unspecified atom stereocenters. The van der Waals surface area contributed by atoms with Crippen LogP contribution in [0.5, 0.6) is 5.75 Å². The van der Waals surface area contributed by atoms with E-state index in [4.69, 9.17) is 0 Å². The maximum absolute atomic E-state index is 11.8. The minimum Gasteiger partial charge on any atom is -0.506 e. The number of likely N-dealkylation sites (N-methyl/N-ethyl adjacent to an activating group) is 1. The first-order valence-electron chi connectivity index (χ1n) is 7.18. The number of carbonyl (C=O) groups is 1. The third-order valence-electron chi connectivity index (χ3n) is 3.81. The standard InChI is InChI=1S/C15H23N3O2/c1-3-16-15(20)12(2)17-8-10-18(11-9-17)13-6-4-5-7-14(13)19/h4-7,12,19H,3,8-11H2,1-2H3,(H,16,20)/t12-/m1/s1. The second-order valence-corrected chi connectivity index (χ2v) is 5.08. The van der Waals surface area contributed by atoms with Gasteiger partial charge in [-0.25, -0.2) is 0 Å². The van der Waals surface area contributed by atoms with Crippen molar-refractivity contribution in [3.63, 3.8) is 0 Å². The molecule has 20 heavy (non-hydrogen) atoms. The quantitative estimate of drug-likeness (QED) is 0.863. The predicted octanol–water partition coefficient (Wildman–Crippen LogP) is 1.04. The van der Waals surface area contributed by atoms with Gasteiger partial charge in [0, 0.05) is 32.7 Å². The molecule has 1 aromatic carbocycles. The number of para-hydroxylation sites is 2. The fraction of sp³-hybridized carbons (Fsp3) is 0.533. The van der Waals surface area contributed by atoms with Crippen molar-refractivity contribution in [2.75, 3.05) is 37.6 Å². The third-order valence-corrected chi connectivity index (χ3v) is 3.81. The Kier molecular flexibility index (Phi) is 4.84. The maximum Gasteiger partial charge on any atom is 0.237 e. The first-order chi connectivity index (χ1) is 9.63. The van der Waals surface area contributed by atoms with Gasteiger partial charge < -0.3 is 15.3 Å². The molecule has 110 valence electrons. The summed E-state index contributed by atoms with van der Waals surface area (Å²) in [5.41, 5.74) is 0.873. The number of carbonyl (C=O) groups excluding carboxylic acids is 1. The Balaban J connectivity index is 1.92. The van der Waals surface area contributed by atoms with Crippen LogP contribution in [0, 0.1) is 0 Å². The summed E-state index contributed by atoms with van der Waals surface area (Å²) in [6.45, 7) is 7.84. The summed E-state index contributed by atoms with van der Waals surface area (Å²) < 4.78 is 0. The first kappa shape index (κ1) is 14.7. The lowest BCUT2D eigenvalue weighted by molar-refractivity contribution is -0.125. The van der Waals surface area contributed by atoms with Crippen molar-refractivity contribution in [3.8, 4) is 5.75 Å². The average Bonchev–Trinajstić information content (AvgIpc) is 2.47. The fourth-order valence-corrected chi connectivity index (χ4v) is 2.57. The molecular formula is C15H23N3O2. The minimum atomic E-state index is -0.0959. The number of amides is 1. The smallest absolute Gasteiger partial charge is 0.237 e. The Morgan fingerprint density at radius 1 is 1.30 bits per heavy atom. The highest BCUT2D eigenvalue weighted by Crippen LogP contribution is 2.27. The molecule has 1 heterocycles. The normalized spacial score (nSPS) is 17.8. The van der Waals surface area contributed by atoms with Crippen molar-refractivity contribution in [1.82, 2.24) is 10.2 Å². The third kappa shape index (κ3) is 3.22. The van der Waals surface area contributed by atoms with E-state index in [1.54, 1.807) is 6.07 Å². The van der Waals surface area contributed by atoms with Crippen molar-refractivity contribution in [1.29, 1.82) is 0 Å². The largest absolute Gasteiger partial charge is 0.506 e. The molecule has 5 heteroatoms. The van der Waals surface area contributed by atoms with E-state index in [0.717, 1.165) is 31.9 Å². The molecular weight excluding hydrogens is 254 g/mol. The SMILES string of the molecule is CCNC(=O)[C@@H](C)N1CCN(c2ccccc2O)CC1. The molecule has 5 nitrogen and oxygen atoms in total. The first-order valence-corrected chi connectivity index (χ1v) is 7.18. The number of hydrogen-bond donors (Lipinski definition) is 2. The predicted molar refractivity (Wildman–Crippen MR) is 80.0 cm³/mol. The van der Waals surface area contributed by atoms with E-state index in [1.165, 1.54) is 0 Å². The second-order valence-electron chi connectivity index (χ2n) is 5.08. The van der Waals surface area contributed by atoms with Crippen LogP contribution >= 0.6 is 0 Å². The molecule has 2 rings (SSSR count). The Morgan fingerprint density at radius 3 is 2.55 bits per heavy atom. The lowest BCUT2D eigenvalue weighted by Gasteiger charge is -2.38. The molecule has 1 fully saturated rings. The Hall–Kier alpha value is -1.75. The van der Waals surface area contributed by atoms with E-state index in [9.17, 15) is 9.90 Å². The van der Waals surface area contributed by atoms with Gasteiger partial charge in [0.2, 0.25) is 5.91 Å². The summed E-state index contributed by atoms with van der Waals surface area (Å²) in [6.07, 6.45) is 0. The lowest BCUT2D eigenvalue weighted by atomic mass is 10.2. The number of phenolic OH excluding ortho intramolecular Hbond substituents is 1. The maximum atomic E-state index is 11.8. The summed E-state index contributed by atoms with van der Waals surface area (Å²) in [6, 6.07) is 7.30. The topological polar surface area (TPSA) is 55.8 Å². The molecule has 1 saturated heterocycles. The van der Waals surface area contributed by atoms with Crippen LogP contribution in [0.1, 0.15) is 13.8 Å². The van der Waals surface area contributed by atoms with Gasteiger partial charge in [-0.15, -0.1) is 0 Å². The highest BCUT2D eigenvalue weighted by Gasteiger charge is 2.25. The van der Waals surface area contributed by atoms with Crippen molar-refractivity contribution in [2.24, 2.45) is 0 Å². The van der Waals surface area contributed by atoms with E-state index >= 15 is 0 Å². The summed E-state index contributed by atoms with van der Waals surface area (Å²) in [5, 5.41) is 12.7. The van der Waals surface area contributed by atoms with E-state index in [1.807, 2.05) is 32.0 Å². The van der Waals surface area contributed by atoms with Crippen LogP contribution in [0.2, 0.25) is 0 Å². The molecule has 0 spiro atoms. The van der Waals surface area contributed by atoms with Crippen LogP contribution in [0.25, 0.3) is 0 Å². The van der Waals surface area contributed by atoms with Crippen LogP contribution in [-0.4, -0.2) is 54.7 Å². The summed E-state index contributed by atoms with van der Waals surface area (Å²) in [5.74, 6) is 0.404. The van der Waals surface area contributed by atoms with Crippen molar-refractivity contribution < 1.29 is 9.90 Å². The number of anilines is 1. The zero-order valence-electron chi connectivity index (χ0n) is 12.2. The molecule has 1 aromatic rings. The molecule has 0 aliphatic carbocycles. The number of rotatable bonds is 4. The number of hydrogen-bond acceptors (Lipinski definition) is 4. The van der Waals surface area contributed by atoms with Crippen LogP contribution in [-0.2, 0) is 4.79 Å². The Bertz CT molecular complexity index is 456. The van der Waals surface area contributed by atoms with E-state index in [2.05, 4.69) is 15.1 Å². The van der Waals surface area contributed by atoms with Crippen LogP contribution in [0.15, 0.2) is 24.3 Å². The molecule has 0 aromatic heterocycles. The molecule has 1 aliphatic heterocycles. The molecule has 1 atom stereocenters. The Morgan fingerprint density at radius 2 is 1.95 bits per heavy atom. The number of phenols is 1. The second kappa shape index (κ2) is 6.61. The number of nitrogens with zero attached hydrogens (tertiary/aromatic N) is 2. The molecule has 1 aliphatic rings. The Labute approximate surface area is 120 Å². The lowest BCUT2D eigenvalue weighted by Crippen LogP contribution is -2.54. The van der Waals surface area contributed by atoms with E-state index in [-0.39, 0.29) is 11.9 Å². The van der Waals surface area contributed by atoms with Crippen LogP contribution in [0.4, 0.5) is 5.69 Å². The molecule has 0 bridgehead atoms. The minimum absolute atomic E-state index is 0.0866. The summed E-state index contributed by atoms with van der Waals surface area (Å²) in [7, 11) is 0. The van der Waals surface area contributed by atoms with Gasteiger partial charge in [-0.3, -0.25) is 9.69 Å². The van der Waals surface area contributed by atoms with Crippen LogP contribution in [0.3, 0.4) is 0 Å². The van der Waals surface area contributed by atoms with Gasteiger partial charge in [-0.2, -0.15) is 0 Å². The summed E-state index contributed by atoms with van der Waals surface area (Å²) >= 11 is 0. The van der Waals surface area contributed by atoms with Gasteiger partial charge in [0.05, 0.1) is 11.7 Å². The number of benzene rings is 1. The summed E-state index contributed by atoms with van der Waals surface area (Å²) in [4.78, 5) is 16.2. The highest BCUT2D eigenvalue weighted by molar-refractivity contribution is 5.81. The van der Waals surface area contributed by atoms with Crippen LogP contribution < -0.4 is 10.2 Å². The molecule has 2 N–H and O–H groups in total. The van der Waals surface area contributed by atoms with Gasteiger partial charge in [0.25, 0.3) is 0 Å². The van der Waals surface area contributed by atoms with Crippen molar-refractivity contribution in [2.45, 2.75) is 19.9 Å². The molecule has 0 saturated carbocycles. The highest BCUT2D eigenvalue weighted by atomic mass is 16.3. The molecule has 1 amide bonds.